The van der Waals surface area contributed by atoms with E-state index in [1.807, 2.05) is 24.3 Å². The van der Waals surface area contributed by atoms with Crippen molar-refractivity contribution in [2.45, 2.75) is 0 Å². The molecule has 0 radical (unpaired) electrons. The number of urea groups is 1. The minimum absolute atomic E-state index is 0.389. The Hall–Kier alpha value is -3.59. The third-order valence-corrected chi connectivity index (χ3v) is 5.11. The summed E-state index contributed by atoms with van der Waals surface area (Å²) in [6, 6.07) is 13.4. The van der Waals surface area contributed by atoms with Gasteiger partial charge in [0.15, 0.2) is 18.1 Å². The first kappa shape index (κ1) is 18.8. The number of fused-ring (bicyclic) bond motifs is 2. The topological polar surface area (TPSA) is 103 Å². The number of amides is 3. The molecule has 1 aliphatic rings. The largest absolute Gasteiger partial charge is 0.486 e. The Bertz CT molecular complexity index is 1060. The van der Waals surface area contributed by atoms with Gasteiger partial charge in [0.05, 0.1) is 0 Å². The Balaban J connectivity index is 1.28. The van der Waals surface area contributed by atoms with Crippen LogP contribution in [0.25, 0.3) is 10.1 Å². The molecule has 8 nitrogen and oxygen atoms in total. The first-order valence-corrected chi connectivity index (χ1v) is 9.56. The molecule has 0 aliphatic carbocycles. The molecular formula is C20H16N2O6S. The molecule has 0 atom stereocenters. The SMILES string of the molecule is O=C(COC(=O)c1cc2ccccc2s1)NC(=O)Nc1ccc2c(c1)OCCO2. The van der Waals surface area contributed by atoms with Gasteiger partial charge in [0, 0.05) is 16.5 Å². The van der Waals surface area contributed by atoms with Gasteiger partial charge in [0.25, 0.3) is 5.91 Å². The summed E-state index contributed by atoms with van der Waals surface area (Å²) in [6.45, 7) is 0.322. The Morgan fingerprint density at radius 2 is 1.79 bits per heavy atom. The Morgan fingerprint density at radius 3 is 2.62 bits per heavy atom. The number of carbonyl (C=O) groups is 3. The lowest BCUT2D eigenvalue weighted by molar-refractivity contribution is -0.123. The van der Waals surface area contributed by atoms with Crippen LogP contribution < -0.4 is 20.1 Å². The monoisotopic (exact) mass is 412 g/mol. The zero-order valence-corrected chi connectivity index (χ0v) is 15.9. The average Bonchev–Trinajstić information content (AvgIpc) is 3.16. The molecule has 2 aromatic carbocycles. The summed E-state index contributed by atoms with van der Waals surface area (Å²) in [7, 11) is 0. The maximum absolute atomic E-state index is 12.1. The van der Waals surface area contributed by atoms with Crippen molar-refractivity contribution in [1.82, 2.24) is 5.32 Å². The van der Waals surface area contributed by atoms with Crippen molar-refractivity contribution in [3.63, 3.8) is 0 Å². The van der Waals surface area contributed by atoms with Gasteiger partial charge in [0.2, 0.25) is 0 Å². The lowest BCUT2D eigenvalue weighted by Gasteiger charge is -2.19. The van der Waals surface area contributed by atoms with Crippen LogP contribution in [0.4, 0.5) is 10.5 Å². The summed E-state index contributed by atoms with van der Waals surface area (Å²) in [5, 5.41) is 5.55. The second kappa shape index (κ2) is 8.19. The second-order valence-corrected chi connectivity index (χ2v) is 7.17. The molecular weight excluding hydrogens is 396 g/mol. The van der Waals surface area contributed by atoms with Crippen molar-refractivity contribution < 1.29 is 28.6 Å². The number of hydrogen-bond donors (Lipinski definition) is 2. The molecule has 4 rings (SSSR count). The van der Waals surface area contributed by atoms with E-state index < -0.39 is 24.5 Å². The van der Waals surface area contributed by atoms with E-state index in [4.69, 9.17) is 14.2 Å². The first-order valence-electron chi connectivity index (χ1n) is 8.75. The van der Waals surface area contributed by atoms with Crippen molar-refractivity contribution in [2.75, 3.05) is 25.1 Å². The summed E-state index contributed by atoms with van der Waals surface area (Å²) in [5.41, 5.74) is 0.432. The van der Waals surface area contributed by atoms with Crippen LogP contribution in [-0.2, 0) is 9.53 Å². The molecule has 0 fully saturated rings. The second-order valence-electron chi connectivity index (χ2n) is 6.09. The summed E-state index contributed by atoms with van der Waals surface area (Å²) in [5.74, 6) is -0.257. The minimum Gasteiger partial charge on any atom is -0.486 e. The quantitative estimate of drug-likeness (QED) is 0.638. The third kappa shape index (κ3) is 4.46. The smallest absolute Gasteiger partial charge is 0.348 e. The van der Waals surface area contributed by atoms with E-state index in [0.717, 1.165) is 10.1 Å². The molecule has 0 bridgehead atoms. The van der Waals surface area contributed by atoms with Crippen molar-refractivity contribution in [3.05, 3.63) is 53.4 Å². The highest BCUT2D eigenvalue weighted by molar-refractivity contribution is 7.20. The Morgan fingerprint density at radius 1 is 1.00 bits per heavy atom. The van der Waals surface area contributed by atoms with Crippen LogP contribution in [-0.4, -0.2) is 37.7 Å². The van der Waals surface area contributed by atoms with Crippen molar-refractivity contribution in [3.8, 4) is 11.5 Å². The van der Waals surface area contributed by atoms with Crippen molar-refractivity contribution >= 4 is 45.0 Å². The predicted octanol–water partition coefficient (Wildman–Crippen LogP) is 3.18. The lowest BCUT2D eigenvalue weighted by Crippen LogP contribution is -2.37. The number of hydrogen-bond acceptors (Lipinski definition) is 7. The fourth-order valence-electron chi connectivity index (χ4n) is 2.73. The maximum atomic E-state index is 12.1. The van der Waals surface area contributed by atoms with Crippen LogP contribution in [0.15, 0.2) is 48.5 Å². The number of benzene rings is 2. The van der Waals surface area contributed by atoms with Gasteiger partial charge in [-0.05, 0) is 29.7 Å². The van der Waals surface area contributed by atoms with Gasteiger partial charge in [-0.1, -0.05) is 18.2 Å². The molecule has 9 heteroatoms. The van der Waals surface area contributed by atoms with E-state index in [-0.39, 0.29) is 0 Å². The van der Waals surface area contributed by atoms with Crippen LogP contribution in [0.1, 0.15) is 9.67 Å². The van der Waals surface area contributed by atoms with Gasteiger partial charge in [-0.15, -0.1) is 11.3 Å². The first-order chi connectivity index (χ1) is 14.1. The van der Waals surface area contributed by atoms with Crippen LogP contribution in [0, 0.1) is 0 Å². The van der Waals surface area contributed by atoms with E-state index in [2.05, 4.69) is 10.6 Å². The number of imide groups is 1. The molecule has 2 heterocycles. The number of anilines is 1. The van der Waals surface area contributed by atoms with Gasteiger partial charge < -0.3 is 19.5 Å². The molecule has 29 heavy (non-hydrogen) atoms. The van der Waals surface area contributed by atoms with Crippen LogP contribution in [0.2, 0.25) is 0 Å². The molecule has 1 aliphatic heterocycles. The minimum atomic E-state index is -0.746. The number of thiophene rings is 1. The molecule has 2 N–H and O–H groups in total. The number of rotatable bonds is 4. The van der Waals surface area contributed by atoms with E-state index in [9.17, 15) is 14.4 Å². The van der Waals surface area contributed by atoms with E-state index in [1.165, 1.54) is 11.3 Å². The highest BCUT2D eigenvalue weighted by Crippen LogP contribution is 2.32. The highest BCUT2D eigenvalue weighted by Gasteiger charge is 2.16. The van der Waals surface area contributed by atoms with Crippen LogP contribution in [0.5, 0.6) is 11.5 Å². The number of carbonyl (C=O) groups excluding carboxylic acids is 3. The summed E-state index contributed by atoms with van der Waals surface area (Å²) in [6.07, 6.45) is 0. The Kier molecular flexibility index (Phi) is 5.30. The normalized spacial score (nSPS) is 12.3. The van der Waals surface area contributed by atoms with Gasteiger partial charge in [-0.3, -0.25) is 10.1 Å². The molecule has 0 unspecified atom stereocenters. The van der Waals surface area contributed by atoms with Gasteiger partial charge in [-0.2, -0.15) is 0 Å². The van der Waals surface area contributed by atoms with Crippen LogP contribution >= 0.6 is 11.3 Å². The van der Waals surface area contributed by atoms with Gasteiger partial charge in [0.1, 0.15) is 18.1 Å². The molecule has 0 saturated heterocycles. The summed E-state index contributed by atoms with van der Waals surface area (Å²) in [4.78, 5) is 36.4. The molecule has 3 aromatic rings. The molecule has 0 spiro atoms. The zero-order chi connectivity index (χ0) is 20.2. The number of esters is 1. The Labute approximate surface area is 169 Å². The summed E-state index contributed by atoms with van der Waals surface area (Å²) < 4.78 is 16.8. The number of ether oxygens (including phenoxy) is 3. The van der Waals surface area contributed by atoms with Gasteiger partial charge >= 0.3 is 12.0 Å². The van der Waals surface area contributed by atoms with E-state index in [0.29, 0.717) is 35.3 Å². The van der Waals surface area contributed by atoms with Crippen molar-refractivity contribution in [1.29, 1.82) is 0 Å². The molecule has 0 saturated carbocycles. The molecule has 3 amide bonds. The predicted molar refractivity (Wildman–Crippen MR) is 107 cm³/mol. The fraction of sp³-hybridized carbons (Fsp3) is 0.150. The maximum Gasteiger partial charge on any atom is 0.348 e. The lowest BCUT2D eigenvalue weighted by atomic mass is 10.2. The summed E-state index contributed by atoms with van der Waals surface area (Å²) >= 11 is 1.28. The van der Waals surface area contributed by atoms with E-state index >= 15 is 0 Å². The fourth-order valence-corrected chi connectivity index (χ4v) is 3.69. The van der Waals surface area contributed by atoms with E-state index in [1.54, 1.807) is 24.3 Å². The molecule has 1 aromatic heterocycles. The van der Waals surface area contributed by atoms with Crippen LogP contribution in [0.3, 0.4) is 0 Å². The highest BCUT2D eigenvalue weighted by atomic mass is 32.1. The third-order valence-electron chi connectivity index (χ3n) is 4.01. The van der Waals surface area contributed by atoms with Gasteiger partial charge in [-0.25, -0.2) is 9.59 Å². The van der Waals surface area contributed by atoms with Crippen molar-refractivity contribution in [2.24, 2.45) is 0 Å². The standard InChI is InChI=1S/C20H16N2O6S/c23-18(11-28-19(24)17-9-12-3-1-2-4-16(12)29-17)22-20(25)21-13-5-6-14-15(10-13)27-8-7-26-14/h1-6,9-10H,7-8,11H2,(H2,21,22,23,25). The zero-order valence-electron chi connectivity index (χ0n) is 15.1. The molecule has 148 valence electrons. The average molecular weight is 412 g/mol. The number of nitrogens with one attached hydrogen (secondary N) is 2.